The average molecular weight is 493 g/mol. The minimum Gasteiger partial charge on any atom is -0.490 e. The number of hydrogen-bond donors (Lipinski definition) is 0. The van der Waals surface area contributed by atoms with Gasteiger partial charge in [-0.3, -0.25) is 14.2 Å². The number of esters is 2. The molecule has 4 rings (SSSR count). The van der Waals surface area contributed by atoms with E-state index in [2.05, 4.69) is 4.99 Å². The molecular formula is C26H24N2O6S. The summed E-state index contributed by atoms with van der Waals surface area (Å²) in [6.45, 7) is 5.26. The highest BCUT2D eigenvalue weighted by molar-refractivity contribution is 7.07. The molecule has 9 heteroatoms. The van der Waals surface area contributed by atoms with E-state index in [1.165, 1.54) is 29.9 Å². The zero-order valence-corrected chi connectivity index (χ0v) is 20.5. The van der Waals surface area contributed by atoms with Gasteiger partial charge in [0.2, 0.25) is 0 Å². The van der Waals surface area contributed by atoms with Gasteiger partial charge in [0.1, 0.15) is 0 Å². The molecule has 1 aromatic heterocycles. The first-order chi connectivity index (χ1) is 16.8. The van der Waals surface area contributed by atoms with Crippen molar-refractivity contribution < 1.29 is 23.8 Å². The lowest BCUT2D eigenvalue weighted by atomic mass is 9.96. The van der Waals surface area contributed by atoms with E-state index in [0.717, 1.165) is 5.56 Å². The molecule has 35 heavy (non-hydrogen) atoms. The summed E-state index contributed by atoms with van der Waals surface area (Å²) in [5.74, 6) is -0.280. The molecule has 0 radical (unpaired) electrons. The summed E-state index contributed by atoms with van der Waals surface area (Å²) < 4.78 is 17.8. The van der Waals surface area contributed by atoms with E-state index in [1.54, 1.807) is 31.2 Å². The van der Waals surface area contributed by atoms with E-state index in [-0.39, 0.29) is 5.56 Å². The second-order valence-corrected chi connectivity index (χ2v) is 8.73. The number of thiazole rings is 1. The van der Waals surface area contributed by atoms with Crippen LogP contribution in [0.15, 0.2) is 69.6 Å². The van der Waals surface area contributed by atoms with Crippen LogP contribution in [-0.2, 0) is 14.3 Å². The van der Waals surface area contributed by atoms with Gasteiger partial charge in [0.15, 0.2) is 16.3 Å². The summed E-state index contributed by atoms with van der Waals surface area (Å²) in [5.41, 5.74) is 2.01. The number of methoxy groups -OCH3 is 1. The number of ether oxygens (including phenoxy) is 3. The van der Waals surface area contributed by atoms with Gasteiger partial charge in [-0.25, -0.2) is 9.79 Å². The van der Waals surface area contributed by atoms with Crippen molar-refractivity contribution in [2.24, 2.45) is 4.99 Å². The summed E-state index contributed by atoms with van der Waals surface area (Å²) in [7, 11) is 1.31. The van der Waals surface area contributed by atoms with E-state index in [9.17, 15) is 14.4 Å². The smallest absolute Gasteiger partial charge is 0.338 e. The van der Waals surface area contributed by atoms with Crippen molar-refractivity contribution >= 4 is 29.4 Å². The molecule has 3 aromatic rings. The van der Waals surface area contributed by atoms with E-state index >= 15 is 0 Å². The van der Waals surface area contributed by atoms with Crippen molar-refractivity contribution in [1.82, 2.24) is 4.57 Å². The molecule has 0 amide bonds. The van der Waals surface area contributed by atoms with Crippen LogP contribution in [0, 0.1) is 0 Å². The summed E-state index contributed by atoms with van der Waals surface area (Å²) in [6.07, 6.45) is 1.73. The lowest BCUT2D eigenvalue weighted by Gasteiger charge is -2.24. The third-order valence-corrected chi connectivity index (χ3v) is 6.34. The maximum absolute atomic E-state index is 13.6. The van der Waals surface area contributed by atoms with Crippen molar-refractivity contribution in [3.05, 3.63) is 90.6 Å². The van der Waals surface area contributed by atoms with Crippen LogP contribution < -0.4 is 24.4 Å². The van der Waals surface area contributed by atoms with Crippen molar-refractivity contribution in [2.45, 2.75) is 26.8 Å². The molecule has 0 saturated carbocycles. The van der Waals surface area contributed by atoms with Crippen molar-refractivity contribution in [2.75, 3.05) is 13.7 Å². The highest BCUT2D eigenvalue weighted by Crippen LogP contribution is 2.31. The highest BCUT2D eigenvalue weighted by Gasteiger charge is 2.32. The molecular weight excluding hydrogens is 468 g/mol. The third-order valence-electron chi connectivity index (χ3n) is 5.36. The van der Waals surface area contributed by atoms with Crippen molar-refractivity contribution in [1.29, 1.82) is 0 Å². The average Bonchev–Trinajstić information content (AvgIpc) is 3.14. The maximum Gasteiger partial charge on any atom is 0.338 e. The van der Waals surface area contributed by atoms with Crippen molar-refractivity contribution in [3.8, 4) is 11.5 Å². The molecule has 1 aliphatic heterocycles. The largest absolute Gasteiger partial charge is 0.490 e. The number of fused-ring (bicyclic) bond motifs is 1. The molecule has 0 bridgehead atoms. The Morgan fingerprint density at radius 2 is 1.89 bits per heavy atom. The quantitative estimate of drug-likeness (QED) is 0.388. The minimum absolute atomic E-state index is 0.279. The molecule has 0 spiro atoms. The number of benzene rings is 2. The first-order valence-electron chi connectivity index (χ1n) is 10.9. The van der Waals surface area contributed by atoms with Crippen LogP contribution >= 0.6 is 11.3 Å². The lowest BCUT2D eigenvalue weighted by molar-refractivity contribution is -0.136. The molecule has 180 valence electrons. The van der Waals surface area contributed by atoms with Gasteiger partial charge in [-0.1, -0.05) is 47.7 Å². The Labute approximate surface area is 205 Å². The monoisotopic (exact) mass is 492 g/mol. The molecule has 8 nitrogen and oxygen atoms in total. The second kappa shape index (κ2) is 10.1. The number of allylic oxidation sites excluding steroid dienone is 1. The highest BCUT2D eigenvalue weighted by atomic mass is 32.1. The summed E-state index contributed by atoms with van der Waals surface area (Å²) in [4.78, 5) is 42.7. The van der Waals surface area contributed by atoms with Gasteiger partial charge in [0, 0.05) is 6.92 Å². The van der Waals surface area contributed by atoms with E-state index in [4.69, 9.17) is 14.2 Å². The summed E-state index contributed by atoms with van der Waals surface area (Å²) in [5, 5.41) is 0. The van der Waals surface area contributed by atoms with Crippen molar-refractivity contribution in [3.63, 3.8) is 0 Å². The molecule has 0 unspecified atom stereocenters. The zero-order chi connectivity index (χ0) is 25.1. The minimum atomic E-state index is -0.660. The van der Waals surface area contributed by atoms with Gasteiger partial charge in [-0.15, -0.1) is 0 Å². The van der Waals surface area contributed by atoms with Crippen LogP contribution in [0.1, 0.15) is 37.9 Å². The fraction of sp³-hybridized carbons (Fsp3) is 0.231. The number of aromatic nitrogens is 1. The van der Waals surface area contributed by atoms with E-state index in [0.29, 0.717) is 44.3 Å². The summed E-state index contributed by atoms with van der Waals surface area (Å²) >= 11 is 1.23. The Bertz CT molecular complexity index is 1500. The molecule has 0 aliphatic carbocycles. The number of hydrogen-bond acceptors (Lipinski definition) is 8. The lowest BCUT2D eigenvalue weighted by Crippen LogP contribution is -2.39. The number of rotatable bonds is 6. The molecule has 0 fully saturated rings. The van der Waals surface area contributed by atoms with E-state index in [1.807, 2.05) is 37.3 Å². The maximum atomic E-state index is 13.6. The van der Waals surface area contributed by atoms with E-state index < -0.39 is 18.0 Å². The normalized spacial score (nSPS) is 15.3. The zero-order valence-electron chi connectivity index (χ0n) is 19.7. The van der Waals surface area contributed by atoms with Crippen LogP contribution in [0.25, 0.3) is 6.08 Å². The standard InChI is InChI=1S/C26H24N2O6S/c1-5-33-20-13-17(11-12-19(20)34-16(3)29)14-21-24(30)28-23(18-9-7-6-8-10-18)22(25(31)32-4)15(2)27-26(28)35-21/h6-14,23H,5H2,1-4H3/b21-14-/t23-/m0/s1. The molecule has 2 heterocycles. The van der Waals surface area contributed by atoms with Crippen LogP contribution in [0.3, 0.4) is 0 Å². The summed E-state index contributed by atoms with van der Waals surface area (Å²) in [6, 6.07) is 13.7. The SMILES string of the molecule is CCOc1cc(/C=c2\sc3n(c2=O)[C@@H](c2ccccc2)C(C(=O)OC)=C(C)N=3)ccc1OC(C)=O. The molecule has 1 aliphatic rings. The topological polar surface area (TPSA) is 96.2 Å². The number of nitrogens with zero attached hydrogens (tertiary/aromatic N) is 2. The van der Waals surface area contributed by atoms with Gasteiger partial charge in [-0.05, 0) is 43.2 Å². The van der Waals surface area contributed by atoms with Gasteiger partial charge in [-0.2, -0.15) is 0 Å². The molecule has 1 atom stereocenters. The van der Waals surface area contributed by atoms with Crippen LogP contribution in [-0.4, -0.2) is 30.2 Å². The van der Waals surface area contributed by atoms with Crippen LogP contribution in [0.4, 0.5) is 0 Å². The van der Waals surface area contributed by atoms with Gasteiger partial charge in [0.25, 0.3) is 5.56 Å². The Hall–Kier alpha value is -3.98. The third kappa shape index (κ3) is 4.81. The Balaban J connectivity index is 1.88. The van der Waals surface area contributed by atoms with Crippen LogP contribution in [0.5, 0.6) is 11.5 Å². The second-order valence-electron chi connectivity index (χ2n) is 7.72. The molecule has 0 saturated heterocycles. The number of carbonyl (C=O) groups is 2. The van der Waals surface area contributed by atoms with Crippen LogP contribution in [0.2, 0.25) is 0 Å². The molecule has 0 N–H and O–H groups in total. The predicted molar refractivity (Wildman–Crippen MR) is 131 cm³/mol. The first-order valence-corrected chi connectivity index (χ1v) is 11.8. The molecule has 2 aromatic carbocycles. The first kappa shape index (κ1) is 24.2. The Morgan fingerprint density at radius 3 is 2.54 bits per heavy atom. The Morgan fingerprint density at radius 1 is 1.14 bits per heavy atom. The fourth-order valence-electron chi connectivity index (χ4n) is 3.92. The Kier molecular flexibility index (Phi) is 6.97. The fourth-order valence-corrected chi connectivity index (χ4v) is 4.96. The van der Waals surface area contributed by atoms with Gasteiger partial charge < -0.3 is 14.2 Å². The number of carbonyl (C=O) groups excluding carboxylic acids is 2. The predicted octanol–water partition coefficient (Wildman–Crippen LogP) is 2.73. The van der Waals surface area contributed by atoms with Gasteiger partial charge >= 0.3 is 11.9 Å². The van der Waals surface area contributed by atoms with Gasteiger partial charge in [0.05, 0.1) is 35.6 Å².